The van der Waals surface area contributed by atoms with Crippen LogP contribution in [0.4, 0.5) is 0 Å². The van der Waals surface area contributed by atoms with Gasteiger partial charge in [-0.05, 0) is 149 Å². The lowest BCUT2D eigenvalue weighted by atomic mass is 10.0. The number of hydrogen-bond acceptors (Lipinski definition) is 21. The van der Waals surface area contributed by atoms with Crippen LogP contribution in [0.15, 0.2) is 277 Å². The Hall–Kier alpha value is -10.8. The molecule has 0 bridgehead atoms. The van der Waals surface area contributed by atoms with Crippen molar-refractivity contribution in [1.29, 1.82) is 0 Å². The Morgan fingerprint density at radius 2 is 0.569 bits per heavy atom. The van der Waals surface area contributed by atoms with Gasteiger partial charge in [-0.3, -0.25) is 25.1 Å². The molecule has 5 N–H and O–H groups in total. The van der Waals surface area contributed by atoms with Crippen molar-refractivity contribution in [2.75, 3.05) is 0 Å². The second-order valence-electron chi connectivity index (χ2n) is 33.1. The molecule has 0 unspecified atom stereocenters. The van der Waals surface area contributed by atoms with Crippen LogP contribution in [0, 0.1) is 71.0 Å². The number of rotatable bonds is 1. The molecule has 13 aromatic rings. The van der Waals surface area contributed by atoms with Crippen LogP contribution in [0.1, 0.15) is 275 Å². The number of benzene rings is 1. The number of nitrogens with zero attached hydrogens (tertiary/aromatic N) is 20. The van der Waals surface area contributed by atoms with Crippen LogP contribution >= 0.6 is 11.5 Å². The van der Waals surface area contributed by atoms with Crippen LogP contribution in [0.3, 0.4) is 0 Å². The molecule has 0 fully saturated rings. The Bertz CT molecular complexity index is 2490. The summed E-state index contributed by atoms with van der Waals surface area (Å²) in [4.78, 5) is 45.7. The van der Waals surface area contributed by atoms with Crippen molar-refractivity contribution >= 4 is 11.5 Å². The monoisotopic (exact) mass is 1720 g/mol. The maximum atomic E-state index is 3.78. The Morgan fingerprint density at radius 1 is 0.211 bits per heavy atom. The zero-order valence-electron chi connectivity index (χ0n) is 83.8. The van der Waals surface area contributed by atoms with Gasteiger partial charge >= 0.3 is 0 Å². The minimum atomic E-state index is 0.659. The molecule has 0 spiro atoms. The molecule has 0 saturated carbocycles. The first-order chi connectivity index (χ1) is 58.1. The van der Waals surface area contributed by atoms with E-state index in [1.54, 1.807) is 124 Å². The largest absolute Gasteiger partial charge is 0.368 e. The molecule has 123 heavy (non-hydrogen) atoms. The van der Waals surface area contributed by atoms with Gasteiger partial charge in [0.15, 0.2) is 0 Å². The fraction of sp³-hybridized carbons (Fsp3) is 0.526. The first-order valence-corrected chi connectivity index (χ1v) is 43.4. The lowest BCUT2D eigenvalue weighted by Gasteiger charge is -2.01. The van der Waals surface area contributed by atoms with Gasteiger partial charge in [0.05, 0.1) is 24.9 Å². The lowest BCUT2D eigenvalue weighted by molar-refractivity contribution is 0.736. The van der Waals surface area contributed by atoms with Gasteiger partial charge in [-0.1, -0.05) is 300 Å². The first-order valence-electron chi connectivity index (χ1n) is 42.6. The smallest absolute Gasteiger partial charge is 0.138 e. The number of aromatic amines is 5. The maximum absolute atomic E-state index is 3.78. The van der Waals surface area contributed by atoms with E-state index in [2.05, 4.69) is 413 Å². The number of aromatic nitrogens is 25. The van der Waals surface area contributed by atoms with Crippen molar-refractivity contribution in [2.45, 2.75) is 269 Å². The van der Waals surface area contributed by atoms with E-state index in [1.165, 1.54) is 67.6 Å². The van der Waals surface area contributed by atoms with E-state index in [9.17, 15) is 0 Å². The zero-order valence-corrected chi connectivity index (χ0v) is 84.7. The average Bonchev–Trinajstić information content (AvgIpc) is 1.68. The zero-order chi connectivity index (χ0) is 96.3. The predicted octanol–water partition coefficient (Wildman–Crippen LogP) is 27.6. The van der Waals surface area contributed by atoms with E-state index in [0.717, 1.165) is 71.0 Å². The van der Waals surface area contributed by atoms with E-state index >= 15 is 0 Å². The quantitative estimate of drug-likeness (QED) is 0.102. The highest BCUT2D eigenvalue weighted by Gasteiger charge is 1.93. The van der Waals surface area contributed by atoms with Gasteiger partial charge in [0.25, 0.3) is 0 Å². The van der Waals surface area contributed by atoms with Gasteiger partial charge in [-0.15, -0.1) is 5.10 Å². The molecular formula is C97H177N25S. The van der Waals surface area contributed by atoms with Gasteiger partial charge < -0.3 is 9.97 Å². The molecule has 0 aliphatic heterocycles. The second-order valence-corrected chi connectivity index (χ2v) is 33.8. The first kappa shape index (κ1) is 138. The summed E-state index contributed by atoms with van der Waals surface area (Å²) in [7, 11) is 0. The summed E-state index contributed by atoms with van der Waals surface area (Å²) < 4.78 is 3.76. The third-order valence-electron chi connectivity index (χ3n) is 6.59. The fourth-order valence-corrected chi connectivity index (χ4v) is 3.89. The molecule has 0 aliphatic rings. The molecule has 0 aliphatic carbocycles. The third kappa shape index (κ3) is 294. The highest BCUT2D eigenvalue weighted by atomic mass is 32.1. The van der Waals surface area contributed by atoms with Crippen LogP contribution in [-0.2, 0) is 0 Å². The summed E-state index contributed by atoms with van der Waals surface area (Å²) in [6, 6.07) is 29.3. The molecule has 12 heterocycles. The van der Waals surface area contributed by atoms with Crippen molar-refractivity contribution in [3.63, 3.8) is 0 Å². The summed E-state index contributed by atoms with van der Waals surface area (Å²) in [6.07, 6.45) is 47.2. The standard InChI is InChI=1S/C9H12.C5H5N.3C4H4N2.C4H5N.12C4H10.2C3H3N3.2C3H4N2.C3H3NS.2C2H3N3/c1-8(2)9-6-4-3-5-7-9;1-2-4-6-5-3-1;1-2-6-4-3-5-1;1-2-5-4-6-3-1;1-2-4-6-5-3-1;1-2-4-5-3-1;12*1-4(2)3;1-4-2-6-3-5-1;1-2-5-6-3-4-1;1-2-5-3-4-1;2*1-2-4-5-3-1;1-3-2-5-4-1;1-2-4-5-3-1/h3-8H,1-2H3;1-5H;3*1-4H;1-5H;12*4H,1-3H3;2*1-3H;2*1-3H,(H,4,5);1-3H;2*1-2H,(H,3,4,5). The summed E-state index contributed by atoms with van der Waals surface area (Å²) in [6.45, 7) is 82.4. The van der Waals surface area contributed by atoms with Crippen molar-refractivity contribution in [3.05, 3.63) is 283 Å². The molecule has 0 atom stereocenters. The Balaban J connectivity index is -0.000000105. The van der Waals surface area contributed by atoms with E-state index in [4.69, 9.17) is 0 Å². The summed E-state index contributed by atoms with van der Waals surface area (Å²) >= 11 is 1.46. The molecule has 25 nitrogen and oxygen atoms in total. The van der Waals surface area contributed by atoms with Crippen molar-refractivity contribution in [2.24, 2.45) is 71.0 Å². The van der Waals surface area contributed by atoms with Crippen LogP contribution < -0.4 is 0 Å². The average molecular weight is 1730 g/mol. The number of pyridine rings is 1. The summed E-state index contributed by atoms with van der Waals surface area (Å²) in [5.74, 6) is 10.7. The van der Waals surface area contributed by atoms with E-state index in [-0.39, 0.29) is 0 Å². The highest BCUT2D eigenvalue weighted by Crippen LogP contribution is 2.11. The number of imidazole rings is 1. The van der Waals surface area contributed by atoms with Crippen LogP contribution in [0.2, 0.25) is 0 Å². The molecule has 0 amide bonds. The summed E-state index contributed by atoms with van der Waals surface area (Å²) in [5, 5.41) is 37.4. The maximum Gasteiger partial charge on any atom is 0.138 e. The Kier molecular flexibility index (Phi) is 145. The van der Waals surface area contributed by atoms with E-state index < -0.39 is 0 Å². The molecular weight excluding hydrogens is 1550 g/mol. The molecule has 1 aromatic carbocycles. The van der Waals surface area contributed by atoms with Gasteiger partial charge in [-0.2, -0.15) is 40.9 Å². The van der Waals surface area contributed by atoms with Crippen LogP contribution in [0.5, 0.6) is 0 Å². The lowest BCUT2D eigenvalue weighted by Crippen LogP contribution is -1.83. The molecule has 0 saturated heterocycles. The predicted molar refractivity (Wildman–Crippen MR) is 530 cm³/mol. The summed E-state index contributed by atoms with van der Waals surface area (Å²) in [5.41, 5.74) is 1.41. The second kappa shape index (κ2) is 129. The Labute approximate surface area is 755 Å². The SMILES string of the molecule is CC(C)C.CC(C)C.CC(C)C.CC(C)C.CC(C)C.CC(C)C.CC(C)C.CC(C)C.CC(C)C.CC(C)C.CC(C)C.CC(C)C.CC(C)c1ccccc1.c1c[nH]cn1.c1cc[nH]c1.c1ccncc1.c1ccnnc1.c1cn[nH]c1.c1cn[nH]n1.c1cnccn1.c1cncnc1.c1cnncn1.c1cnsc1.c1nc[nH]n1.c1ncncn1. The van der Waals surface area contributed by atoms with Crippen LogP contribution in [0.25, 0.3) is 0 Å². The van der Waals surface area contributed by atoms with Crippen molar-refractivity contribution < 1.29 is 0 Å². The van der Waals surface area contributed by atoms with Crippen molar-refractivity contribution in [1.82, 2.24) is 125 Å². The topological polar surface area (TPSA) is 337 Å². The van der Waals surface area contributed by atoms with E-state index in [0.29, 0.717) is 5.92 Å². The minimum absolute atomic E-state index is 0.659. The molecule has 696 valence electrons. The number of H-pyrrole nitrogens is 5. The number of hydrogen-bond donors (Lipinski definition) is 5. The third-order valence-corrected chi connectivity index (χ3v) is 7.12. The fourth-order valence-electron chi connectivity index (χ4n) is 3.54. The Morgan fingerprint density at radius 3 is 0.691 bits per heavy atom. The minimum Gasteiger partial charge on any atom is -0.368 e. The normalized spacial score (nSPS) is 8.54. The van der Waals surface area contributed by atoms with Gasteiger partial charge in [0.2, 0.25) is 0 Å². The van der Waals surface area contributed by atoms with Crippen molar-refractivity contribution in [3.8, 4) is 0 Å². The number of nitrogens with one attached hydrogen (secondary N) is 5. The molecule has 13 rings (SSSR count). The van der Waals surface area contributed by atoms with Gasteiger partial charge in [0.1, 0.15) is 44.3 Å². The molecule has 0 radical (unpaired) electrons. The van der Waals surface area contributed by atoms with Gasteiger partial charge in [-0.25, -0.2) is 44.2 Å². The molecule has 12 aromatic heterocycles. The molecule has 26 heteroatoms. The highest BCUT2D eigenvalue weighted by molar-refractivity contribution is 7.03. The van der Waals surface area contributed by atoms with Crippen LogP contribution in [-0.4, -0.2) is 125 Å². The van der Waals surface area contributed by atoms with E-state index in [1.807, 2.05) is 78.4 Å². The van der Waals surface area contributed by atoms with Gasteiger partial charge in [0, 0.05) is 117 Å².